The molecule has 3 N–H and O–H groups in total. The predicted molar refractivity (Wildman–Crippen MR) is 83.5 cm³/mol. The summed E-state index contributed by atoms with van der Waals surface area (Å²) in [5, 5.41) is 2.73. The Bertz CT molecular complexity index is 429. The summed E-state index contributed by atoms with van der Waals surface area (Å²) in [6.45, 7) is 5.71. The molecule has 0 radical (unpaired) electrons. The zero-order valence-electron chi connectivity index (χ0n) is 11.9. The van der Waals surface area contributed by atoms with Gasteiger partial charge in [-0.1, -0.05) is 0 Å². The summed E-state index contributed by atoms with van der Waals surface area (Å²) < 4.78 is 0. The summed E-state index contributed by atoms with van der Waals surface area (Å²) in [5.41, 5.74) is 6.18. The van der Waals surface area contributed by atoms with Gasteiger partial charge in [-0.05, 0) is 26.1 Å². The Hall–Kier alpha value is -1.37. The molecule has 1 saturated heterocycles. The number of carbonyl (C=O) groups excluding carboxylic acids is 1. The Morgan fingerprint density at radius 1 is 1.35 bits per heavy atom. The first-order chi connectivity index (χ1) is 9.06. The standard InChI is InChI=1S/C13H21N5O.ClH/c1-10(14)13(19)16-11-3-4-12(15-9-11)18-7-5-17(2)6-8-18;/h3-4,9-10H,5-8,14H2,1-2H3,(H,16,19);1H/t10-;/m1./s1. The monoisotopic (exact) mass is 299 g/mol. The molecule has 1 aromatic rings. The van der Waals surface area contributed by atoms with Crippen LogP contribution in [0.3, 0.4) is 0 Å². The molecule has 0 aromatic carbocycles. The maximum Gasteiger partial charge on any atom is 0.241 e. The number of nitrogens with one attached hydrogen (secondary N) is 1. The zero-order chi connectivity index (χ0) is 13.8. The van der Waals surface area contributed by atoms with E-state index in [2.05, 4.69) is 27.1 Å². The van der Waals surface area contributed by atoms with Crippen LogP contribution in [0.25, 0.3) is 0 Å². The van der Waals surface area contributed by atoms with Crippen molar-refractivity contribution in [3.63, 3.8) is 0 Å². The lowest BCUT2D eigenvalue weighted by atomic mass is 10.3. The third kappa shape index (κ3) is 4.33. The van der Waals surface area contributed by atoms with Crippen LogP contribution in [0, 0.1) is 0 Å². The Balaban J connectivity index is 0.00000200. The second-order valence-electron chi connectivity index (χ2n) is 4.97. The first-order valence-electron chi connectivity index (χ1n) is 6.52. The minimum Gasteiger partial charge on any atom is -0.354 e. The summed E-state index contributed by atoms with van der Waals surface area (Å²) in [6.07, 6.45) is 1.67. The highest BCUT2D eigenvalue weighted by Crippen LogP contribution is 2.15. The lowest BCUT2D eigenvalue weighted by Gasteiger charge is -2.33. The summed E-state index contributed by atoms with van der Waals surface area (Å²) in [7, 11) is 2.12. The lowest BCUT2D eigenvalue weighted by molar-refractivity contribution is -0.117. The van der Waals surface area contributed by atoms with Crippen LogP contribution in [-0.4, -0.2) is 55.1 Å². The van der Waals surface area contributed by atoms with E-state index < -0.39 is 6.04 Å². The van der Waals surface area contributed by atoms with Gasteiger partial charge in [-0.3, -0.25) is 4.79 Å². The van der Waals surface area contributed by atoms with Gasteiger partial charge in [0.25, 0.3) is 0 Å². The van der Waals surface area contributed by atoms with Gasteiger partial charge in [0.05, 0.1) is 17.9 Å². The van der Waals surface area contributed by atoms with Gasteiger partial charge in [-0.2, -0.15) is 0 Å². The molecule has 1 amide bonds. The largest absolute Gasteiger partial charge is 0.354 e. The Kier molecular flexibility index (Phi) is 6.19. The molecule has 0 aliphatic carbocycles. The number of amides is 1. The number of likely N-dealkylation sites (N-methyl/N-ethyl adjacent to an activating group) is 1. The Morgan fingerprint density at radius 2 is 2.00 bits per heavy atom. The van der Waals surface area contributed by atoms with E-state index in [1.165, 1.54) is 0 Å². The highest BCUT2D eigenvalue weighted by atomic mass is 35.5. The van der Waals surface area contributed by atoms with Gasteiger partial charge in [-0.15, -0.1) is 12.4 Å². The van der Waals surface area contributed by atoms with Gasteiger partial charge in [0.15, 0.2) is 0 Å². The van der Waals surface area contributed by atoms with Crippen molar-refractivity contribution in [2.75, 3.05) is 43.4 Å². The van der Waals surface area contributed by atoms with Crippen molar-refractivity contribution < 1.29 is 4.79 Å². The van der Waals surface area contributed by atoms with Crippen LogP contribution in [0.15, 0.2) is 18.3 Å². The van der Waals surface area contributed by atoms with Gasteiger partial charge in [0.2, 0.25) is 5.91 Å². The van der Waals surface area contributed by atoms with Crippen molar-refractivity contribution in [1.29, 1.82) is 0 Å². The van der Waals surface area contributed by atoms with Gasteiger partial charge < -0.3 is 20.9 Å². The molecule has 0 saturated carbocycles. The van der Waals surface area contributed by atoms with Crippen molar-refractivity contribution in [2.45, 2.75) is 13.0 Å². The van der Waals surface area contributed by atoms with E-state index in [0.29, 0.717) is 5.69 Å². The van der Waals surface area contributed by atoms with Gasteiger partial charge >= 0.3 is 0 Å². The average molecular weight is 300 g/mol. The summed E-state index contributed by atoms with van der Waals surface area (Å²) in [6, 6.07) is 3.28. The van der Waals surface area contributed by atoms with Crippen molar-refractivity contribution >= 4 is 29.8 Å². The van der Waals surface area contributed by atoms with Crippen LogP contribution in [0.2, 0.25) is 0 Å². The predicted octanol–water partition coefficient (Wildman–Crippen LogP) is 0.541. The maximum atomic E-state index is 11.5. The quantitative estimate of drug-likeness (QED) is 0.852. The molecule has 0 spiro atoms. The van der Waals surface area contributed by atoms with E-state index in [1.807, 2.05) is 12.1 Å². The molecular weight excluding hydrogens is 278 g/mol. The topological polar surface area (TPSA) is 74.5 Å². The van der Waals surface area contributed by atoms with Crippen LogP contribution in [0.5, 0.6) is 0 Å². The number of hydrogen-bond donors (Lipinski definition) is 2. The number of hydrogen-bond acceptors (Lipinski definition) is 5. The fourth-order valence-corrected chi connectivity index (χ4v) is 1.94. The molecular formula is C13H22ClN5O. The molecule has 1 aromatic heterocycles. The SMILES string of the molecule is C[C@@H](N)C(=O)Nc1ccc(N2CCN(C)CC2)nc1.Cl. The van der Waals surface area contributed by atoms with E-state index in [0.717, 1.165) is 32.0 Å². The van der Waals surface area contributed by atoms with E-state index in [-0.39, 0.29) is 18.3 Å². The maximum absolute atomic E-state index is 11.5. The molecule has 1 fully saturated rings. The molecule has 1 atom stereocenters. The molecule has 0 unspecified atom stereocenters. The molecule has 20 heavy (non-hydrogen) atoms. The van der Waals surface area contributed by atoms with Gasteiger partial charge in [0.1, 0.15) is 5.82 Å². The molecule has 7 heteroatoms. The highest BCUT2D eigenvalue weighted by molar-refractivity contribution is 5.94. The number of rotatable bonds is 3. The molecule has 2 rings (SSSR count). The van der Waals surface area contributed by atoms with Crippen LogP contribution < -0.4 is 16.0 Å². The van der Waals surface area contributed by atoms with Crippen LogP contribution >= 0.6 is 12.4 Å². The highest BCUT2D eigenvalue weighted by Gasteiger charge is 2.15. The number of piperazine rings is 1. The number of nitrogens with two attached hydrogens (primary N) is 1. The van der Waals surface area contributed by atoms with Crippen molar-refractivity contribution in [2.24, 2.45) is 5.73 Å². The molecule has 112 valence electrons. The van der Waals surface area contributed by atoms with E-state index in [9.17, 15) is 4.79 Å². The first-order valence-corrected chi connectivity index (χ1v) is 6.52. The number of halogens is 1. The van der Waals surface area contributed by atoms with E-state index >= 15 is 0 Å². The van der Waals surface area contributed by atoms with Gasteiger partial charge in [-0.25, -0.2) is 4.98 Å². The first kappa shape index (κ1) is 16.7. The van der Waals surface area contributed by atoms with Crippen molar-refractivity contribution in [3.8, 4) is 0 Å². The summed E-state index contributed by atoms with van der Waals surface area (Å²) in [4.78, 5) is 20.4. The number of anilines is 2. The molecule has 6 nitrogen and oxygen atoms in total. The smallest absolute Gasteiger partial charge is 0.241 e. The number of nitrogens with zero attached hydrogens (tertiary/aromatic N) is 3. The third-order valence-corrected chi connectivity index (χ3v) is 3.26. The van der Waals surface area contributed by atoms with Crippen molar-refractivity contribution in [3.05, 3.63) is 18.3 Å². The Morgan fingerprint density at radius 3 is 2.50 bits per heavy atom. The number of pyridine rings is 1. The number of aromatic nitrogens is 1. The lowest BCUT2D eigenvalue weighted by Crippen LogP contribution is -2.44. The fraction of sp³-hybridized carbons (Fsp3) is 0.538. The summed E-state index contributed by atoms with van der Waals surface area (Å²) >= 11 is 0. The zero-order valence-corrected chi connectivity index (χ0v) is 12.7. The normalized spacial score (nSPS) is 17.2. The third-order valence-electron chi connectivity index (χ3n) is 3.26. The number of carbonyl (C=O) groups is 1. The average Bonchev–Trinajstić information content (AvgIpc) is 2.40. The molecule has 1 aliphatic heterocycles. The minimum absolute atomic E-state index is 0. The molecule has 1 aliphatic rings. The van der Waals surface area contributed by atoms with Crippen LogP contribution in [0.4, 0.5) is 11.5 Å². The Labute approximate surface area is 125 Å². The second kappa shape index (κ2) is 7.42. The molecule has 0 bridgehead atoms. The molecule has 2 heterocycles. The van der Waals surface area contributed by atoms with Gasteiger partial charge in [0, 0.05) is 26.2 Å². The second-order valence-corrected chi connectivity index (χ2v) is 4.97. The van der Waals surface area contributed by atoms with Crippen molar-refractivity contribution in [1.82, 2.24) is 9.88 Å². The fourth-order valence-electron chi connectivity index (χ4n) is 1.94. The summed E-state index contributed by atoms with van der Waals surface area (Å²) in [5.74, 6) is 0.751. The minimum atomic E-state index is -0.516. The van der Waals surface area contributed by atoms with E-state index in [4.69, 9.17) is 5.73 Å². The van der Waals surface area contributed by atoms with Crippen LogP contribution in [-0.2, 0) is 4.79 Å². The van der Waals surface area contributed by atoms with E-state index in [1.54, 1.807) is 13.1 Å². The van der Waals surface area contributed by atoms with Crippen LogP contribution in [0.1, 0.15) is 6.92 Å².